The van der Waals surface area contributed by atoms with E-state index >= 15 is 0 Å². The highest BCUT2D eigenvalue weighted by Gasteiger charge is 2.25. The number of nitrogens with zero attached hydrogens (tertiary/aromatic N) is 3. The molecule has 1 aliphatic heterocycles. The lowest BCUT2D eigenvalue weighted by Gasteiger charge is -2.18. The smallest absolute Gasteiger partial charge is 0.222 e. The van der Waals surface area contributed by atoms with Crippen molar-refractivity contribution in [3.63, 3.8) is 0 Å². The van der Waals surface area contributed by atoms with Gasteiger partial charge in [0, 0.05) is 51.4 Å². The molecule has 0 bridgehead atoms. The van der Waals surface area contributed by atoms with Crippen LogP contribution in [0.3, 0.4) is 0 Å². The van der Waals surface area contributed by atoms with E-state index in [0.29, 0.717) is 18.8 Å². The Balaban J connectivity index is 1.80. The first-order valence-corrected chi connectivity index (χ1v) is 8.88. The van der Waals surface area contributed by atoms with Crippen LogP contribution < -0.4 is 15.4 Å². The number of rotatable bonds is 6. The molecule has 1 saturated heterocycles. The molecule has 0 aromatic carbocycles. The Bertz CT molecular complexity index is 586. The molecule has 0 radical (unpaired) electrons. The van der Waals surface area contributed by atoms with Crippen molar-refractivity contribution in [3.05, 3.63) is 23.9 Å². The summed E-state index contributed by atoms with van der Waals surface area (Å²) >= 11 is 0. The normalized spacial score (nSPS) is 17.7. The molecular formula is C18H29N5O2. The lowest BCUT2D eigenvalue weighted by Crippen LogP contribution is -2.44. The molecule has 2 heterocycles. The molecule has 7 heteroatoms. The summed E-state index contributed by atoms with van der Waals surface area (Å²) in [6, 6.07) is 4.10. The van der Waals surface area contributed by atoms with Gasteiger partial charge in [-0.1, -0.05) is 13.0 Å². The van der Waals surface area contributed by atoms with Gasteiger partial charge in [0.15, 0.2) is 5.96 Å². The van der Waals surface area contributed by atoms with Crippen molar-refractivity contribution in [2.45, 2.75) is 52.3 Å². The highest BCUT2D eigenvalue weighted by molar-refractivity contribution is 5.80. The van der Waals surface area contributed by atoms with Crippen molar-refractivity contribution in [1.82, 2.24) is 20.5 Å². The maximum atomic E-state index is 11.8. The minimum absolute atomic E-state index is 0.116. The van der Waals surface area contributed by atoms with Crippen LogP contribution in [0.25, 0.3) is 0 Å². The molecule has 25 heavy (non-hydrogen) atoms. The van der Waals surface area contributed by atoms with Gasteiger partial charge < -0.3 is 20.3 Å². The predicted molar refractivity (Wildman–Crippen MR) is 98.6 cm³/mol. The number of hydrogen-bond donors (Lipinski definition) is 2. The Morgan fingerprint density at radius 3 is 2.88 bits per heavy atom. The first-order valence-electron chi connectivity index (χ1n) is 8.88. The number of ether oxygens (including phenoxy) is 1. The highest BCUT2D eigenvalue weighted by Crippen LogP contribution is 2.11. The van der Waals surface area contributed by atoms with E-state index in [1.54, 1.807) is 13.2 Å². The molecule has 1 atom stereocenters. The first kappa shape index (κ1) is 19.0. The molecule has 1 amide bonds. The zero-order chi connectivity index (χ0) is 18.2. The number of nitrogens with one attached hydrogen (secondary N) is 2. The second-order valence-electron chi connectivity index (χ2n) is 6.42. The summed E-state index contributed by atoms with van der Waals surface area (Å²) < 4.78 is 5.54. The topological polar surface area (TPSA) is 78.9 Å². The molecule has 0 aliphatic carbocycles. The number of aromatic nitrogens is 1. The summed E-state index contributed by atoms with van der Waals surface area (Å²) in [5.41, 5.74) is 1.05. The van der Waals surface area contributed by atoms with Gasteiger partial charge in [-0.25, -0.2) is 4.98 Å². The predicted octanol–water partition coefficient (Wildman–Crippen LogP) is 1.54. The SMILES string of the molecule is CCC(=O)N1CCC(NC(=NC)NCc2ccc(OC(C)C)nc2)C1. The average Bonchev–Trinajstić information content (AvgIpc) is 3.07. The van der Waals surface area contributed by atoms with Crippen LogP contribution >= 0.6 is 0 Å². The Hall–Kier alpha value is -2.31. The lowest BCUT2D eigenvalue weighted by atomic mass is 10.2. The van der Waals surface area contributed by atoms with E-state index in [9.17, 15) is 4.79 Å². The summed E-state index contributed by atoms with van der Waals surface area (Å²) in [5, 5.41) is 6.67. The van der Waals surface area contributed by atoms with Crippen LogP contribution in [-0.2, 0) is 11.3 Å². The van der Waals surface area contributed by atoms with Crippen molar-refractivity contribution in [3.8, 4) is 5.88 Å². The van der Waals surface area contributed by atoms with Gasteiger partial charge in [-0.05, 0) is 25.8 Å². The molecule has 0 spiro atoms. The number of carbonyl (C=O) groups is 1. The van der Waals surface area contributed by atoms with Crippen molar-refractivity contribution in [1.29, 1.82) is 0 Å². The zero-order valence-corrected chi connectivity index (χ0v) is 15.6. The third-order valence-corrected chi connectivity index (χ3v) is 4.02. The van der Waals surface area contributed by atoms with Crippen LogP contribution in [0.4, 0.5) is 0 Å². The molecule has 0 saturated carbocycles. The summed E-state index contributed by atoms with van der Waals surface area (Å²) in [5.74, 6) is 1.58. The van der Waals surface area contributed by atoms with Crippen LogP contribution in [0.2, 0.25) is 0 Å². The molecule has 1 fully saturated rings. The molecule has 2 N–H and O–H groups in total. The Kier molecular flexibility index (Phi) is 7.03. The van der Waals surface area contributed by atoms with E-state index in [1.807, 2.05) is 37.8 Å². The van der Waals surface area contributed by atoms with Crippen molar-refractivity contribution in [2.75, 3.05) is 20.1 Å². The molecular weight excluding hydrogens is 318 g/mol. The number of amides is 1. The molecule has 1 aromatic heterocycles. The van der Waals surface area contributed by atoms with E-state index in [2.05, 4.69) is 20.6 Å². The molecule has 138 valence electrons. The summed E-state index contributed by atoms with van der Waals surface area (Å²) in [7, 11) is 1.75. The number of pyridine rings is 1. The van der Waals surface area contributed by atoms with Crippen molar-refractivity contribution >= 4 is 11.9 Å². The fourth-order valence-corrected chi connectivity index (χ4v) is 2.73. The van der Waals surface area contributed by atoms with Gasteiger partial charge in [0.1, 0.15) is 0 Å². The van der Waals surface area contributed by atoms with Crippen molar-refractivity contribution < 1.29 is 9.53 Å². The number of guanidine groups is 1. The van der Waals surface area contributed by atoms with Crippen LogP contribution in [0.1, 0.15) is 39.2 Å². The second kappa shape index (κ2) is 9.25. The third kappa shape index (κ3) is 5.92. The summed E-state index contributed by atoms with van der Waals surface area (Å²) in [6.07, 6.45) is 3.42. The largest absolute Gasteiger partial charge is 0.475 e. The maximum Gasteiger partial charge on any atom is 0.222 e. The Morgan fingerprint density at radius 1 is 1.48 bits per heavy atom. The fourth-order valence-electron chi connectivity index (χ4n) is 2.73. The highest BCUT2D eigenvalue weighted by atomic mass is 16.5. The van der Waals surface area contributed by atoms with E-state index < -0.39 is 0 Å². The van der Waals surface area contributed by atoms with Crippen LogP contribution in [0, 0.1) is 0 Å². The maximum absolute atomic E-state index is 11.8. The van der Waals surface area contributed by atoms with Crippen LogP contribution in [0.5, 0.6) is 5.88 Å². The van der Waals surface area contributed by atoms with E-state index in [0.717, 1.165) is 31.0 Å². The molecule has 1 unspecified atom stereocenters. The number of hydrogen-bond acceptors (Lipinski definition) is 4. The van der Waals surface area contributed by atoms with Gasteiger partial charge in [-0.2, -0.15) is 0 Å². The van der Waals surface area contributed by atoms with Gasteiger partial charge in [0.05, 0.1) is 6.10 Å². The lowest BCUT2D eigenvalue weighted by molar-refractivity contribution is -0.129. The number of aliphatic imine (C=N–C) groups is 1. The van der Waals surface area contributed by atoms with E-state index in [-0.39, 0.29) is 18.1 Å². The third-order valence-electron chi connectivity index (χ3n) is 4.02. The monoisotopic (exact) mass is 347 g/mol. The molecule has 1 aromatic rings. The minimum Gasteiger partial charge on any atom is -0.475 e. The number of likely N-dealkylation sites (tertiary alicyclic amines) is 1. The quantitative estimate of drug-likeness (QED) is 0.603. The summed E-state index contributed by atoms with van der Waals surface area (Å²) in [4.78, 5) is 22.2. The minimum atomic E-state index is 0.116. The van der Waals surface area contributed by atoms with Crippen LogP contribution in [0.15, 0.2) is 23.3 Å². The average molecular weight is 347 g/mol. The standard InChI is InChI=1S/C18H29N5O2/c1-5-17(24)23-9-8-15(12-23)22-18(19-4)21-11-14-6-7-16(20-10-14)25-13(2)3/h6-7,10,13,15H,5,8-9,11-12H2,1-4H3,(H2,19,21,22). The van der Waals surface area contributed by atoms with Gasteiger partial charge in [0.2, 0.25) is 11.8 Å². The molecule has 1 aliphatic rings. The van der Waals surface area contributed by atoms with E-state index in [4.69, 9.17) is 4.74 Å². The van der Waals surface area contributed by atoms with Crippen LogP contribution in [-0.4, -0.2) is 54.0 Å². The zero-order valence-electron chi connectivity index (χ0n) is 15.6. The van der Waals surface area contributed by atoms with E-state index in [1.165, 1.54) is 0 Å². The van der Waals surface area contributed by atoms with Gasteiger partial charge in [-0.3, -0.25) is 9.79 Å². The van der Waals surface area contributed by atoms with Gasteiger partial charge in [-0.15, -0.1) is 0 Å². The Labute approximate surface area is 149 Å². The van der Waals surface area contributed by atoms with Gasteiger partial charge in [0.25, 0.3) is 0 Å². The fraction of sp³-hybridized carbons (Fsp3) is 0.611. The second-order valence-corrected chi connectivity index (χ2v) is 6.42. The van der Waals surface area contributed by atoms with Gasteiger partial charge >= 0.3 is 0 Å². The molecule has 7 nitrogen and oxygen atoms in total. The first-order chi connectivity index (χ1) is 12.0. The number of carbonyl (C=O) groups excluding carboxylic acids is 1. The Morgan fingerprint density at radius 2 is 2.28 bits per heavy atom. The molecule has 2 rings (SSSR count). The summed E-state index contributed by atoms with van der Waals surface area (Å²) in [6.45, 7) is 8.02. The van der Waals surface area contributed by atoms with Crippen molar-refractivity contribution in [2.24, 2.45) is 4.99 Å².